The molecule has 0 atom stereocenters. The highest BCUT2D eigenvalue weighted by Crippen LogP contribution is 2.41. The second-order valence-electron chi connectivity index (χ2n) is 12.0. The maximum absolute atomic E-state index is 13.3. The Kier molecular flexibility index (Phi) is 9.08. The van der Waals surface area contributed by atoms with Crippen LogP contribution in [0.5, 0.6) is 5.75 Å². The lowest BCUT2D eigenvalue weighted by Crippen LogP contribution is -2.42. The van der Waals surface area contributed by atoms with Crippen molar-refractivity contribution in [3.63, 3.8) is 0 Å². The molecule has 2 fully saturated rings. The normalized spacial score (nSPS) is 15.8. The van der Waals surface area contributed by atoms with Crippen molar-refractivity contribution < 1.29 is 13.2 Å². The van der Waals surface area contributed by atoms with Crippen LogP contribution < -0.4 is 24.6 Å². The minimum Gasteiger partial charge on any atom is -0.494 e. The third kappa shape index (κ3) is 6.36. The van der Waals surface area contributed by atoms with Crippen LogP contribution in [0.3, 0.4) is 0 Å². The summed E-state index contributed by atoms with van der Waals surface area (Å²) in [4.78, 5) is 22.7. The van der Waals surface area contributed by atoms with E-state index in [4.69, 9.17) is 16.3 Å². The third-order valence-corrected chi connectivity index (χ3v) is 11.4. The Bertz CT molecular complexity index is 1840. The molecule has 2 aromatic heterocycles. The minimum absolute atomic E-state index is 0.265. The number of hydrogen-bond acceptors (Lipinski definition) is 11. The molecule has 46 heavy (non-hydrogen) atoms. The predicted octanol–water partition coefficient (Wildman–Crippen LogP) is 5.59. The highest BCUT2D eigenvalue weighted by molar-refractivity contribution is 7.93. The fraction of sp³-hybridized carbons (Fsp3) is 0.438. The van der Waals surface area contributed by atoms with Gasteiger partial charge in [0.15, 0.2) is 5.82 Å². The van der Waals surface area contributed by atoms with Crippen LogP contribution >= 0.6 is 11.6 Å². The molecule has 4 aromatic rings. The van der Waals surface area contributed by atoms with Crippen LogP contribution in [-0.4, -0.2) is 85.9 Å². The number of piperidine rings is 1. The number of nitrogens with zero attached hydrogens (tertiary/aromatic N) is 7. The number of ether oxygens (including phenoxy) is 1. The topological polar surface area (TPSA) is 129 Å². The number of rotatable bonds is 11. The van der Waals surface area contributed by atoms with Gasteiger partial charge in [-0.3, -0.25) is 14.3 Å². The number of aromatic nitrogens is 4. The third-order valence-electron chi connectivity index (χ3n) is 8.82. The molecule has 0 bridgehead atoms. The summed E-state index contributed by atoms with van der Waals surface area (Å²) in [5.41, 5.74) is 4.98. The molecule has 2 N–H and O–H groups in total. The summed E-state index contributed by atoms with van der Waals surface area (Å²) in [6.07, 6.45) is 8.96. The van der Waals surface area contributed by atoms with Gasteiger partial charge in [-0.05, 0) is 70.0 Å². The summed E-state index contributed by atoms with van der Waals surface area (Å²) < 4.78 is 33.8. The number of benzene rings is 2. The lowest BCUT2D eigenvalue weighted by atomic mass is 10.0. The van der Waals surface area contributed by atoms with Gasteiger partial charge in [0.25, 0.3) is 0 Å². The van der Waals surface area contributed by atoms with E-state index in [2.05, 4.69) is 73.5 Å². The first-order valence-electron chi connectivity index (χ1n) is 15.5. The molecule has 0 amide bonds. The number of hydrogen-bond donors (Lipinski definition) is 2. The Hall–Kier alpha value is -3.94. The van der Waals surface area contributed by atoms with E-state index in [0.717, 1.165) is 38.0 Å². The van der Waals surface area contributed by atoms with Crippen molar-refractivity contribution in [2.75, 3.05) is 61.2 Å². The average Bonchev–Trinajstić information content (AvgIpc) is 3.92. The van der Waals surface area contributed by atoms with Gasteiger partial charge in [-0.1, -0.05) is 18.5 Å². The smallest absolute Gasteiger partial charge is 0.237 e. The van der Waals surface area contributed by atoms with E-state index in [1.165, 1.54) is 21.8 Å². The van der Waals surface area contributed by atoms with E-state index in [0.29, 0.717) is 58.8 Å². The van der Waals surface area contributed by atoms with E-state index < -0.39 is 15.3 Å². The van der Waals surface area contributed by atoms with Gasteiger partial charge in [0.2, 0.25) is 16.0 Å². The van der Waals surface area contributed by atoms with Crippen LogP contribution in [-0.2, 0) is 16.4 Å². The molecule has 3 heterocycles. The number of sulfonamides is 1. The summed E-state index contributed by atoms with van der Waals surface area (Å²) in [6, 6.07) is 8.31. The van der Waals surface area contributed by atoms with Crippen molar-refractivity contribution in [3.8, 4) is 5.75 Å². The van der Waals surface area contributed by atoms with Crippen molar-refractivity contribution in [1.82, 2.24) is 24.8 Å². The molecule has 0 unspecified atom stereocenters. The van der Waals surface area contributed by atoms with Gasteiger partial charge < -0.3 is 25.2 Å². The summed E-state index contributed by atoms with van der Waals surface area (Å²) >= 11 is 6.58. The van der Waals surface area contributed by atoms with E-state index in [1.807, 2.05) is 0 Å². The van der Waals surface area contributed by atoms with Crippen molar-refractivity contribution in [2.45, 2.75) is 50.3 Å². The van der Waals surface area contributed by atoms with Crippen molar-refractivity contribution in [1.29, 1.82) is 0 Å². The fourth-order valence-electron chi connectivity index (χ4n) is 6.00. The molecule has 2 aliphatic rings. The Labute approximate surface area is 275 Å². The van der Waals surface area contributed by atoms with Crippen LogP contribution in [0.15, 0.2) is 42.9 Å². The van der Waals surface area contributed by atoms with Gasteiger partial charge in [0.1, 0.15) is 22.0 Å². The fourth-order valence-corrected chi connectivity index (χ4v) is 7.76. The Morgan fingerprint density at radius 3 is 2.41 bits per heavy atom. The second kappa shape index (κ2) is 13.0. The number of nitrogens with one attached hydrogen (secondary N) is 2. The number of aryl methyl sites for hydroxylation is 1. The van der Waals surface area contributed by atoms with E-state index in [1.54, 1.807) is 38.7 Å². The zero-order valence-electron chi connectivity index (χ0n) is 26.8. The van der Waals surface area contributed by atoms with Crippen LogP contribution in [0.4, 0.5) is 34.5 Å². The van der Waals surface area contributed by atoms with Crippen molar-refractivity contribution in [2.24, 2.45) is 0 Å². The molecule has 2 aromatic carbocycles. The van der Waals surface area contributed by atoms with Gasteiger partial charge in [0, 0.05) is 50.3 Å². The number of anilines is 6. The zero-order valence-corrected chi connectivity index (χ0v) is 28.4. The molecule has 0 radical (unpaired) electrons. The number of halogens is 1. The van der Waals surface area contributed by atoms with Crippen LogP contribution in [0.1, 0.15) is 38.2 Å². The van der Waals surface area contributed by atoms with Crippen LogP contribution in [0.2, 0.25) is 5.02 Å². The van der Waals surface area contributed by atoms with Gasteiger partial charge in [-0.15, -0.1) is 0 Å². The van der Waals surface area contributed by atoms with E-state index in [-0.39, 0.29) is 5.02 Å². The number of methoxy groups -OCH3 is 1. The first-order valence-corrected chi connectivity index (χ1v) is 17.4. The Morgan fingerprint density at radius 1 is 1.00 bits per heavy atom. The van der Waals surface area contributed by atoms with E-state index >= 15 is 0 Å². The Morgan fingerprint density at radius 2 is 1.74 bits per heavy atom. The maximum Gasteiger partial charge on any atom is 0.237 e. The molecule has 244 valence electrons. The first kappa shape index (κ1) is 32.0. The molecule has 1 saturated heterocycles. The minimum atomic E-state index is -3.59. The molecular weight excluding hydrogens is 626 g/mol. The van der Waals surface area contributed by atoms with Gasteiger partial charge in [-0.2, -0.15) is 4.98 Å². The molecule has 14 heteroatoms. The summed E-state index contributed by atoms with van der Waals surface area (Å²) in [6.45, 7) is 4.12. The second-order valence-corrected chi connectivity index (χ2v) is 14.6. The summed E-state index contributed by atoms with van der Waals surface area (Å²) in [5.74, 6) is 1.28. The van der Waals surface area contributed by atoms with Gasteiger partial charge in [-0.25, -0.2) is 13.4 Å². The predicted molar refractivity (Wildman–Crippen MR) is 185 cm³/mol. The molecule has 12 nitrogen and oxygen atoms in total. The molecule has 1 aliphatic carbocycles. The number of fused-ring (bicyclic) bond motifs is 1. The SMILES string of the molecule is CCc1cc(Nc2ncc(Cl)c(Nc3ccc4nccnc4c3N(C)S(=O)(=O)C3CC3)n2)c(OC)cc1N1CCC(N(C)C)CC1. The highest BCUT2D eigenvalue weighted by Gasteiger charge is 2.40. The van der Waals surface area contributed by atoms with Gasteiger partial charge >= 0.3 is 0 Å². The van der Waals surface area contributed by atoms with Crippen molar-refractivity contribution in [3.05, 3.63) is 53.4 Å². The quantitative estimate of drug-likeness (QED) is 0.208. The standard InChI is InChI=1S/C32H40ClN9O3S/c1-6-20-17-26(28(45-5)18-27(20)42-15-11-21(12-16-42)40(2)3)38-32-36-19-23(33)31(39-32)37-25-10-9-24-29(35-14-13-34-24)30(25)41(4)46(43,44)22-7-8-22/h9-10,13-14,17-19,21-22H,6-8,11-12,15-16H2,1-5H3,(H2,36,37,38,39). The molecular formula is C32H40ClN9O3S. The zero-order chi connectivity index (χ0) is 32.6. The Balaban J connectivity index is 1.30. The molecule has 0 spiro atoms. The first-order chi connectivity index (χ1) is 22.1. The maximum atomic E-state index is 13.3. The van der Waals surface area contributed by atoms with Crippen LogP contribution in [0, 0.1) is 0 Å². The highest BCUT2D eigenvalue weighted by atomic mass is 35.5. The largest absolute Gasteiger partial charge is 0.494 e. The molecule has 1 aliphatic heterocycles. The van der Waals surface area contributed by atoms with Crippen molar-refractivity contribution >= 4 is 67.2 Å². The lowest BCUT2D eigenvalue weighted by molar-refractivity contribution is 0.249. The lowest BCUT2D eigenvalue weighted by Gasteiger charge is -2.37. The van der Waals surface area contributed by atoms with Crippen LogP contribution in [0.25, 0.3) is 11.0 Å². The monoisotopic (exact) mass is 665 g/mol. The van der Waals surface area contributed by atoms with E-state index in [9.17, 15) is 8.42 Å². The molecule has 1 saturated carbocycles. The average molecular weight is 666 g/mol. The summed E-state index contributed by atoms with van der Waals surface area (Å²) in [7, 11) is 3.90. The molecule has 6 rings (SSSR count). The summed E-state index contributed by atoms with van der Waals surface area (Å²) in [5, 5.41) is 6.42. The van der Waals surface area contributed by atoms with Gasteiger partial charge in [0.05, 0.1) is 35.4 Å².